The molecule has 0 saturated heterocycles. The Kier molecular flexibility index (Phi) is 6.47. The number of carbonyl (C=O) groups is 1. The summed E-state index contributed by atoms with van der Waals surface area (Å²) in [5.41, 5.74) is 0.985. The molecule has 0 aliphatic rings. The Labute approximate surface area is 117 Å². The first-order valence-electron chi connectivity index (χ1n) is 5.92. The number of hydrogen-bond donors (Lipinski definition) is 2. The average Bonchev–Trinajstić information content (AvgIpc) is 2.30. The molecule has 0 amide bonds. The van der Waals surface area contributed by atoms with Crippen LogP contribution in [-0.2, 0) is 11.2 Å². The normalized spacial score (nSPS) is 12.4. The minimum atomic E-state index is -0.802. The number of benzene rings is 1. The SMILES string of the molecule is CCCNC(CC(=O)O)Cc1ccc(Cl)c(Cl)c1. The van der Waals surface area contributed by atoms with E-state index in [1.807, 2.05) is 13.0 Å². The minimum absolute atomic E-state index is 0.0836. The molecule has 0 fully saturated rings. The fraction of sp³-hybridized carbons (Fsp3) is 0.462. The highest BCUT2D eigenvalue weighted by atomic mass is 35.5. The molecule has 1 unspecified atom stereocenters. The predicted molar refractivity (Wildman–Crippen MR) is 74.5 cm³/mol. The summed E-state index contributed by atoms with van der Waals surface area (Å²) in [4.78, 5) is 10.8. The van der Waals surface area contributed by atoms with E-state index in [-0.39, 0.29) is 12.5 Å². The van der Waals surface area contributed by atoms with Gasteiger partial charge in [-0.25, -0.2) is 0 Å². The molecular formula is C13H17Cl2NO2. The number of carboxylic acid groups (broad SMARTS) is 1. The van der Waals surface area contributed by atoms with Crippen LogP contribution in [-0.4, -0.2) is 23.7 Å². The largest absolute Gasteiger partial charge is 0.481 e. The van der Waals surface area contributed by atoms with E-state index < -0.39 is 5.97 Å². The Hall–Kier alpha value is -0.770. The topological polar surface area (TPSA) is 49.3 Å². The summed E-state index contributed by atoms with van der Waals surface area (Å²) in [6.45, 7) is 2.85. The fourth-order valence-corrected chi connectivity index (χ4v) is 2.05. The smallest absolute Gasteiger partial charge is 0.304 e. The zero-order valence-electron chi connectivity index (χ0n) is 10.2. The molecule has 0 heterocycles. The molecule has 3 nitrogen and oxygen atoms in total. The van der Waals surface area contributed by atoms with E-state index in [9.17, 15) is 4.79 Å². The lowest BCUT2D eigenvalue weighted by molar-refractivity contribution is -0.137. The predicted octanol–water partition coefficient (Wildman–Crippen LogP) is 3.38. The second kappa shape index (κ2) is 7.62. The van der Waals surface area contributed by atoms with Gasteiger partial charge in [-0.15, -0.1) is 0 Å². The molecule has 1 aromatic rings. The third kappa shape index (κ3) is 5.25. The Bertz CT molecular complexity index is 410. The van der Waals surface area contributed by atoms with Gasteiger partial charge in [-0.2, -0.15) is 0 Å². The molecule has 1 aromatic carbocycles. The maximum absolute atomic E-state index is 10.8. The highest BCUT2D eigenvalue weighted by molar-refractivity contribution is 6.42. The lowest BCUT2D eigenvalue weighted by Gasteiger charge is -2.16. The van der Waals surface area contributed by atoms with Gasteiger partial charge in [0.25, 0.3) is 0 Å². The summed E-state index contributed by atoms with van der Waals surface area (Å²) in [5, 5.41) is 13.1. The third-order valence-electron chi connectivity index (χ3n) is 2.57. The Morgan fingerprint density at radius 1 is 1.39 bits per heavy atom. The highest BCUT2D eigenvalue weighted by Gasteiger charge is 2.13. The van der Waals surface area contributed by atoms with E-state index in [0.29, 0.717) is 16.5 Å². The summed E-state index contributed by atoms with van der Waals surface area (Å²) >= 11 is 11.8. The fourth-order valence-electron chi connectivity index (χ4n) is 1.73. The molecule has 0 saturated carbocycles. The van der Waals surface area contributed by atoms with Crippen LogP contribution in [0.4, 0.5) is 0 Å². The minimum Gasteiger partial charge on any atom is -0.481 e. The summed E-state index contributed by atoms with van der Waals surface area (Å²) in [6.07, 6.45) is 1.70. The van der Waals surface area contributed by atoms with Gasteiger partial charge in [0.1, 0.15) is 0 Å². The Morgan fingerprint density at radius 2 is 2.11 bits per heavy atom. The molecule has 0 bridgehead atoms. The van der Waals surface area contributed by atoms with Crippen molar-refractivity contribution < 1.29 is 9.90 Å². The molecule has 0 radical (unpaired) electrons. The van der Waals surface area contributed by atoms with Crippen LogP contribution in [0.25, 0.3) is 0 Å². The van der Waals surface area contributed by atoms with Crippen LogP contribution < -0.4 is 5.32 Å². The van der Waals surface area contributed by atoms with Crippen LogP contribution in [0.3, 0.4) is 0 Å². The van der Waals surface area contributed by atoms with Gasteiger partial charge in [-0.3, -0.25) is 4.79 Å². The Morgan fingerprint density at radius 3 is 2.67 bits per heavy atom. The number of aliphatic carboxylic acids is 1. The van der Waals surface area contributed by atoms with E-state index in [4.69, 9.17) is 28.3 Å². The summed E-state index contributed by atoms with van der Waals surface area (Å²) < 4.78 is 0. The van der Waals surface area contributed by atoms with E-state index in [2.05, 4.69) is 5.32 Å². The van der Waals surface area contributed by atoms with Crippen molar-refractivity contribution in [2.24, 2.45) is 0 Å². The van der Waals surface area contributed by atoms with E-state index in [0.717, 1.165) is 18.5 Å². The summed E-state index contributed by atoms with van der Waals surface area (Å²) in [7, 11) is 0. The summed E-state index contributed by atoms with van der Waals surface area (Å²) in [5.74, 6) is -0.802. The van der Waals surface area contributed by atoms with Crippen LogP contribution >= 0.6 is 23.2 Å². The number of halogens is 2. The monoisotopic (exact) mass is 289 g/mol. The molecule has 0 spiro atoms. The second-order valence-electron chi connectivity index (χ2n) is 4.20. The lowest BCUT2D eigenvalue weighted by Crippen LogP contribution is -2.33. The molecule has 2 N–H and O–H groups in total. The van der Waals surface area contributed by atoms with Crippen molar-refractivity contribution in [2.45, 2.75) is 32.2 Å². The molecule has 0 aliphatic heterocycles. The lowest BCUT2D eigenvalue weighted by atomic mass is 10.0. The molecule has 0 aromatic heterocycles. The molecule has 100 valence electrons. The van der Waals surface area contributed by atoms with Crippen molar-refractivity contribution in [3.05, 3.63) is 33.8 Å². The molecule has 18 heavy (non-hydrogen) atoms. The van der Waals surface area contributed by atoms with Gasteiger partial charge in [0.2, 0.25) is 0 Å². The molecule has 5 heteroatoms. The quantitative estimate of drug-likeness (QED) is 0.809. The number of rotatable bonds is 7. The van der Waals surface area contributed by atoms with Gasteiger partial charge in [-0.1, -0.05) is 36.2 Å². The maximum Gasteiger partial charge on any atom is 0.304 e. The first kappa shape index (κ1) is 15.3. The first-order valence-corrected chi connectivity index (χ1v) is 6.67. The number of nitrogens with one attached hydrogen (secondary N) is 1. The number of carboxylic acids is 1. The van der Waals surface area contributed by atoms with Gasteiger partial charge >= 0.3 is 5.97 Å². The standard InChI is InChI=1S/C13H17Cl2NO2/c1-2-5-16-10(8-13(17)18)6-9-3-4-11(14)12(15)7-9/h3-4,7,10,16H,2,5-6,8H2,1H3,(H,17,18). The Balaban J connectivity index is 2.68. The van der Waals surface area contributed by atoms with Gasteiger partial charge in [-0.05, 0) is 37.1 Å². The van der Waals surface area contributed by atoms with Crippen LogP contribution in [0.2, 0.25) is 10.0 Å². The maximum atomic E-state index is 10.8. The van der Waals surface area contributed by atoms with E-state index >= 15 is 0 Å². The van der Waals surface area contributed by atoms with Gasteiger partial charge in [0.15, 0.2) is 0 Å². The number of hydrogen-bond acceptors (Lipinski definition) is 2. The van der Waals surface area contributed by atoms with Crippen LogP contribution in [0.15, 0.2) is 18.2 Å². The zero-order chi connectivity index (χ0) is 13.5. The molecular weight excluding hydrogens is 273 g/mol. The van der Waals surface area contributed by atoms with Crippen molar-refractivity contribution in [2.75, 3.05) is 6.54 Å². The zero-order valence-corrected chi connectivity index (χ0v) is 11.8. The van der Waals surface area contributed by atoms with Crippen molar-refractivity contribution in [1.82, 2.24) is 5.32 Å². The van der Waals surface area contributed by atoms with Crippen LogP contribution in [0, 0.1) is 0 Å². The van der Waals surface area contributed by atoms with E-state index in [1.54, 1.807) is 12.1 Å². The molecule has 1 atom stereocenters. The van der Waals surface area contributed by atoms with Crippen molar-refractivity contribution in [3.63, 3.8) is 0 Å². The van der Waals surface area contributed by atoms with Crippen molar-refractivity contribution in [1.29, 1.82) is 0 Å². The van der Waals surface area contributed by atoms with Crippen molar-refractivity contribution >= 4 is 29.2 Å². The first-order chi connectivity index (χ1) is 8.52. The third-order valence-corrected chi connectivity index (χ3v) is 3.31. The summed E-state index contributed by atoms with van der Waals surface area (Å²) in [6, 6.07) is 5.31. The molecule has 0 aliphatic carbocycles. The van der Waals surface area contributed by atoms with Crippen molar-refractivity contribution in [3.8, 4) is 0 Å². The second-order valence-corrected chi connectivity index (χ2v) is 5.02. The highest BCUT2D eigenvalue weighted by Crippen LogP contribution is 2.23. The van der Waals surface area contributed by atoms with Gasteiger partial charge in [0, 0.05) is 6.04 Å². The van der Waals surface area contributed by atoms with Gasteiger partial charge in [0.05, 0.1) is 16.5 Å². The van der Waals surface area contributed by atoms with E-state index in [1.165, 1.54) is 0 Å². The van der Waals surface area contributed by atoms with Gasteiger partial charge < -0.3 is 10.4 Å². The molecule has 1 rings (SSSR count). The average molecular weight is 290 g/mol. The van der Waals surface area contributed by atoms with Crippen LogP contribution in [0.5, 0.6) is 0 Å². The van der Waals surface area contributed by atoms with Crippen LogP contribution in [0.1, 0.15) is 25.3 Å².